The average Bonchev–Trinajstić information content (AvgIpc) is 3.05. The zero-order valence-electron chi connectivity index (χ0n) is 10.8. The van der Waals surface area contributed by atoms with Crippen LogP contribution in [-0.2, 0) is 26.1 Å². The Bertz CT molecular complexity index is 515. The van der Waals surface area contributed by atoms with Crippen LogP contribution in [0, 0.1) is 0 Å². The van der Waals surface area contributed by atoms with E-state index in [2.05, 4.69) is 0 Å². The largest absolute Gasteiger partial charge is 0.392 e. The van der Waals surface area contributed by atoms with Crippen molar-refractivity contribution in [1.82, 2.24) is 4.31 Å². The van der Waals surface area contributed by atoms with Gasteiger partial charge in [-0.05, 0) is 17.0 Å². The van der Waals surface area contributed by atoms with Crippen LogP contribution in [0.2, 0.25) is 0 Å². The Hall–Kier alpha value is -0.510. The van der Waals surface area contributed by atoms with Crippen molar-refractivity contribution in [3.05, 3.63) is 17.0 Å². The van der Waals surface area contributed by atoms with Gasteiger partial charge >= 0.3 is 0 Å². The fourth-order valence-corrected chi connectivity index (χ4v) is 4.88. The van der Waals surface area contributed by atoms with Gasteiger partial charge in [0.1, 0.15) is 4.21 Å². The summed E-state index contributed by atoms with van der Waals surface area (Å²) in [6.07, 6.45) is -0.505. The molecule has 0 spiro atoms. The first-order valence-electron chi connectivity index (χ1n) is 5.77. The second-order valence-corrected chi connectivity index (χ2v) is 7.38. The molecule has 1 saturated heterocycles. The number of nitrogens with zero attached hydrogens (tertiary/aromatic N) is 1. The molecule has 0 bridgehead atoms. The number of rotatable bonds is 5. The smallest absolute Gasteiger partial charge is 0.252 e. The third-order valence-corrected chi connectivity index (χ3v) is 6.49. The minimum Gasteiger partial charge on any atom is -0.392 e. The van der Waals surface area contributed by atoms with Crippen molar-refractivity contribution in [1.29, 1.82) is 0 Å². The molecule has 1 aromatic rings. The van der Waals surface area contributed by atoms with Gasteiger partial charge in [-0.1, -0.05) is 0 Å². The molecule has 2 heterocycles. The maximum atomic E-state index is 12.4. The zero-order valence-corrected chi connectivity index (χ0v) is 12.4. The van der Waals surface area contributed by atoms with E-state index in [0.29, 0.717) is 5.56 Å². The Balaban J connectivity index is 2.21. The van der Waals surface area contributed by atoms with Crippen LogP contribution < -0.4 is 0 Å². The minimum absolute atomic E-state index is 0.159. The maximum Gasteiger partial charge on any atom is 0.252 e. The van der Waals surface area contributed by atoms with Crippen LogP contribution in [0.4, 0.5) is 0 Å². The summed E-state index contributed by atoms with van der Waals surface area (Å²) in [5.74, 6) is 0. The lowest BCUT2D eigenvalue weighted by molar-refractivity contribution is -0.00461. The standard InChI is InChI=1S/C11H17NO5S2/c1-16-9-4-12(5-10(9)17-2)19(14,15)11-3-8(6-13)7-18-11/h3,7,9-10,13H,4-6H2,1-2H3. The molecule has 1 fully saturated rings. The van der Waals surface area contributed by atoms with E-state index in [1.165, 1.54) is 10.4 Å². The van der Waals surface area contributed by atoms with E-state index in [1.807, 2.05) is 0 Å². The van der Waals surface area contributed by atoms with Gasteiger partial charge < -0.3 is 14.6 Å². The summed E-state index contributed by atoms with van der Waals surface area (Å²) in [5, 5.41) is 10.6. The highest BCUT2D eigenvalue weighted by molar-refractivity contribution is 7.91. The van der Waals surface area contributed by atoms with Crippen molar-refractivity contribution in [3.8, 4) is 0 Å². The summed E-state index contributed by atoms with van der Waals surface area (Å²) >= 11 is 1.11. The molecule has 0 aliphatic carbocycles. The van der Waals surface area contributed by atoms with Crippen LogP contribution in [-0.4, -0.2) is 57.3 Å². The number of hydrogen-bond acceptors (Lipinski definition) is 6. The molecule has 2 unspecified atom stereocenters. The van der Waals surface area contributed by atoms with Gasteiger partial charge in [-0.25, -0.2) is 8.42 Å². The summed E-state index contributed by atoms with van der Waals surface area (Å²) in [4.78, 5) is 0. The number of aliphatic hydroxyl groups excluding tert-OH is 1. The molecule has 1 N–H and O–H groups in total. The van der Waals surface area contributed by atoms with Gasteiger partial charge in [-0.15, -0.1) is 11.3 Å². The number of methoxy groups -OCH3 is 2. The summed E-state index contributed by atoms with van der Waals surface area (Å²) in [6.45, 7) is 0.404. The summed E-state index contributed by atoms with van der Waals surface area (Å²) < 4.78 is 36.9. The van der Waals surface area contributed by atoms with Gasteiger partial charge in [-0.2, -0.15) is 4.31 Å². The molecule has 2 atom stereocenters. The van der Waals surface area contributed by atoms with Crippen molar-refractivity contribution < 1.29 is 23.0 Å². The van der Waals surface area contributed by atoms with E-state index in [-0.39, 0.29) is 36.1 Å². The minimum atomic E-state index is -3.53. The Morgan fingerprint density at radius 3 is 2.37 bits per heavy atom. The molecule has 1 aliphatic heterocycles. The Kier molecular flexibility index (Phi) is 4.59. The first kappa shape index (κ1) is 14.9. The molecule has 0 amide bonds. The van der Waals surface area contributed by atoms with Crippen molar-refractivity contribution in [3.63, 3.8) is 0 Å². The van der Waals surface area contributed by atoms with Crippen molar-refractivity contribution in [2.75, 3.05) is 27.3 Å². The quantitative estimate of drug-likeness (QED) is 0.845. The molecule has 1 aromatic heterocycles. The van der Waals surface area contributed by atoms with Crippen LogP contribution in [0.15, 0.2) is 15.7 Å². The molecular weight excluding hydrogens is 290 g/mol. The first-order chi connectivity index (χ1) is 9.02. The molecule has 0 aromatic carbocycles. The second kappa shape index (κ2) is 5.86. The van der Waals surface area contributed by atoms with Gasteiger partial charge in [0.25, 0.3) is 10.0 Å². The number of aliphatic hydroxyl groups is 1. The van der Waals surface area contributed by atoms with E-state index in [4.69, 9.17) is 14.6 Å². The van der Waals surface area contributed by atoms with Gasteiger partial charge in [0.05, 0.1) is 18.8 Å². The Morgan fingerprint density at radius 2 is 1.95 bits per heavy atom. The predicted octanol–water partition coefficient (Wildman–Crippen LogP) is 0.275. The molecule has 108 valence electrons. The molecule has 2 rings (SSSR count). The second-order valence-electron chi connectivity index (χ2n) is 4.30. The van der Waals surface area contributed by atoms with Crippen LogP contribution >= 0.6 is 11.3 Å². The zero-order chi connectivity index (χ0) is 14.0. The van der Waals surface area contributed by atoms with Crippen LogP contribution in [0.5, 0.6) is 0 Å². The molecule has 0 saturated carbocycles. The molecule has 1 aliphatic rings. The molecule has 19 heavy (non-hydrogen) atoms. The van der Waals surface area contributed by atoms with Crippen LogP contribution in [0.1, 0.15) is 5.56 Å². The van der Waals surface area contributed by atoms with E-state index < -0.39 is 10.0 Å². The van der Waals surface area contributed by atoms with Gasteiger partial charge in [0, 0.05) is 27.3 Å². The van der Waals surface area contributed by atoms with Gasteiger partial charge in [-0.3, -0.25) is 0 Å². The normalized spacial score (nSPS) is 25.0. The van der Waals surface area contributed by atoms with E-state index in [0.717, 1.165) is 11.3 Å². The average molecular weight is 307 g/mol. The Labute approximate surface area is 116 Å². The topological polar surface area (TPSA) is 76.1 Å². The highest BCUT2D eigenvalue weighted by Crippen LogP contribution is 2.28. The maximum absolute atomic E-state index is 12.4. The fourth-order valence-electron chi connectivity index (χ4n) is 2.06. The summed E-state index contributed by atoms with van der Waals surface area (Å²) in [5.41, 5.74) is 0.606. The molecule has 0 radical (unpaired) electrons. The molecule has 8 heteroatoms. The first-order valence-corrected chi connectivity index (χ1v) is 8.09. The van der Waals surface area contributed by atoms with Crippen molar-refractivity contribution >= 4 is 21.4 Å². The third-order valence-electron chi connectivity index (χ3n) is 3.19. The SMILES string of the molecule is COC1CN(S(=O)(=O)c2cc(CO)cs2)CC1OC. The fraction of sp³-hybridized carbons (Fsp3) is 0.636. The lowest BCUT2D eigenvalue weighted by atomic mass is 10.3. The predicted molar refractivity (Wildman–Crippen MR) is 70.6 cm³/mol. The van der Waals surface area contributed by atoms with Gasteiger partial charge in [0.2, 0.25) is 0 Å². The number of sulfonamides is 1. The summed E-state index contributed by atoms with van der Waals surface area (Å²) in [6, 6.07) is 1.50. The summed E-state index contributed by atoms with van der Waals surface area (Å²) in [7, 11) is -0.446. The van der Waals surface area contributed by atoms with E-state index >= 15 is 0 Å². The lowest BCUT2D eigenvalue weighted by Gasteiger charge is -2.14. The Morgan fingerprint density at radius 1 is 1.37 bits per heavy atom. The monoisotopic (exact) mass is 307 g/mol. The molecular formula is C11H17NO5S2. The number of ether oxygens (including phenoxy) is 2. The van der Waals surface area contributed by atoms with Crippen LogP contribution in [0.3, 0.4) is 0 Å². The highest BCUT2D eigenvalue weighted by Gasteiger charge is 2.40. The van der Waals surface area contributed by atoms with E-state index in [1.54, 1.807) is 19.6 Å². The number of thiophene rings is 1. The molecule has 6 nitrogen and oxygen atoms in total. The van der Waals surface area contributed by atoms with E-state index in [9.17, 15) is 8.42 Å². The number of hydrogen-bond donors (Lipinski definition) is 1. The third kappa shape index (κ3) is 2.83. The van der Waals surface area contributed by atoms with Crippen LogP contribution in [0.25, 0.3) is 0 Å². The highest BCUT2D eigenvalue weighted by atomic mass is 32.2. The van der Waals surface area contributed by atoms with Crippen molar-refractivity contribution in [2.24, 2.45) is 0 Å². The lowest BCUT2D eigenvalue weighted by Crippen LogP contribution is -2.29. The van der Waals surface area contributed by atoms with Crippen molar-refractivity contribution in [2.45, 2.75) is 23.0 Å². The van der Waals surface area contributed by atoms with Gasteiger partial charge in [0.15, 0.2) is 0 Å².